The SMILES string of the molecule is CCOC(=O)/C=C/c1ccc(-c2ccc(O)c(C34CC5CC(CC(C5)C3)C4)c2)c(Br)c1. The molecule has 4 fully saturated rings. The highest BCUT2D eigenvalue weighted by molar-refractivity contribution is 9.10. The van der Waals surface area contributed by atoms with Crippen LogP contribution in [0.5, 0.6) is 5.75 Å². The molecule has 0 atom stereocenters. The Balaban J connectivity index is 1.45. The molecule has 2 aromatic rings. The molecule has 0 spiro atoms. The number of aromatic hydroxyl groups is 1. The number of hydrogen-bond donors (Lipinski definition) is 1. The van der Waals surface area contributed by atoms with E-state index in [4.69, 9.17) is 4.74 Å². The fourth-order valence-corrected chi connectivity index (χ4v) is 7.42. The lowest BCUT2D eigenvalue weighted by Gasteiger charge is -2.57. The Bertz CT molecular complexity index is 1000. The standard InChI is InChI=1S/C27H29BrO3/c1-2-31-26(30)8-4-17-3-6-22(24(28)12-17)21-5-7-25(29)23(13-21)27-14-18-9-19(15-27)11-20(10-18)16-27/h3-8,12-13,18-20,29H,2,9-11,14-16H2,1H3/b8-4+. The van der Waals surface area contributed by atoms with Gasteiger partial charge < -0.3 is 9.84 Å². The van der Waals surface area contributed by atoms with Crippen molar-refractivity contribution in [2.24, 2.45) is 17.8 Å². The Hall–Kier alpha value is -2.07. The monoisotopic (exact) mass is 480 g/mol. The maximum atomic E-state index is 11.6. The molecule has 0 amide bonds. The highest BCUT2D eigenvalue weighted by Crippen LogP contribution is 2.62. The number of carbonyl (C=O) groups excluding carboxylic acids is 1. The molecule has 4 aliphatic carbocycles. The van der Waals surface area contributed by atoms with Crippen molar-refractivity contribution in [3.8, 4) is 16.9 Å². The first-order valence-corrected chi connectivity index (χ1v) is 12.2. The minimum absolute atomic E-state index is 0.156. The summed E-state index contributed by atoms with van der Waals surface area (Å²) in [4.78, 5) is 11.6. The molecular formula is C27H29BrO3. The summed E-state index contributed by atoms with van der Waals surface area (Å²) in [7, 11) is 0. The molecule has 4 aliphatic rings. The van der Waals surface area contributed by atoms with Crippen LogP contribution in [0.2, 0.25) is 0 Å². The van der Waals surface area contributed by atoms with Crippen molar-refractivity contribution in [3.05, 3.63) is 58.1 Å². The Kier molecular flexibility index (Phi) is 5.45. The molecule has 0 radical (unpaired) electrons. The second kappa shape index (κ2) is 8.12. The normalized spacial score (nSPS) is 28.9. The summed E-state index contributed by atoms with van der Waals surface area (Å²) >= 11 is 3.72. The summed E-state index contributed by atoms with van der Waals surface area (Å²) in [6.07, 6.45) is 11.1. The van der Waals surface area contributed by atoms with Crippen molar-refractivity contribution in [2.45, 2.75) is 50.9 Å². The highest BCUT2D eigenvalue weighted by atomic mass is 79.9. The molecule has 31 heavy (non-hydrogen) atoms. The van der Waals surface area contributed by atoms with Gasteiger partial charge in [-0.3, -0.25) is 0 Å². The largest absolute Gasteiger partial charge is 0.508 e. The Morgan fingerprint density at radius 2 is 1.77 bits per heavy atom. The lowest BCUT2D eigenvalue weighted by atomic mass is 9.48. The summed E-state index contributed by atoms with van der Waals surface area (Å²) in [5, 5.41) is 10.9. The van der Waals surface area contributed by atoms with Crippen LogP contribution in [0.15, 0.2) is 46.9 Å². The lowest BCUT2D eigenvalue weighted by Crippen LogP contribution is -2.48. The fraction of sp³-hybridized carbons (Fsp3) is 0.444. The van der Waals surface area contributed by atoms with E-state index in [-0.39, 0.29) is 11.4 Å². The molecule has 4 saturated carbocycles. The zero-order chi connectivity index (χ0) is 21.6. The third-order valence-corrected chi connectivity index (χ3v) is 8.26. The van der Waals surface area contributed by atoms with Crippen LogP contribution < -0.4 is 0 Å². The molecule has 0 saturated heterocycles. The minimum atomic E-state index is -0.332. The van der Waals surface area contributed by atoms with E-state index in [1.807, 2.05) is 24.3 Å². The minimum Gasteiger partial charge on any atom is -0.508 e. The van der Waals surface area contributed by atoms with E-state index in [1.165, 1.54) is 44.6 Å². The van der Waals surface area contributed by atoms with Crippen molar-refractivity contribution >= 4 is 28.0 Å². The fourth-order valence-electron chi connectivity index (χ4n) is 6.79. The maximum absolute atomic E-state index is 11.6. The van der Waals surface area contributed by atoms with Crippen LogP contribution in [-0.2, 0) is 14.9 Å². The molecule has 0 aromatic heterocycles. The smallest absolute Gasteiger partial charge is 0.330 e. The molecule has 2 aromatic carbocycles. The van der Waals surface area contributed by atoms with Crippen LogP contribution >= 0.6 is 15.9 Å². The first kappa shape index (κ1) is 20.8. The van der Waals surface area contributed by atoms with Crippen molar-refractivity contribution in [2.75, 3.05) is 6.61 Å². The van der Waals surface area contributed by atoms with Crippen LogP contribution in [0, 0.1) is 17.8 Å². The van der Waals surface area contributed by atoms with E-state index in [9.17, 15) is 9.90 Å². The van der Waals surface area contributed by atoms with Gasteiger partial charge in [-0.05, 0) is 110 Å². The van der Waals surface area contributed by atoms with Gasteiger partial charge in [0.2, 0.25) is 0 Å². The van der Waals surface area contributed by atoms with Crippen molar-refractivity contribution in [1.82, 2.24) is 0 Å². The van der Waals surface area contributed by atoms with E-state index in [2.05, 4.69) is 28.1 Å². The van der Waals surface area contributed by atoms with Crippen molar-refractivity contribution in [1.29, 1.82) is 0 Å². The quantitative estimate of drug-likeness (QED) is 0.375. The maximum Gasteiger partial charge on any atom is 0.330 e. The Morgan fingerprint density at radius 1 is 1.10 bits per heavy atom. The predicted molar refractivity (Wildman–Crippen MR) is 127 cm³/mol. The van der Waals surface area contributed by atoms with Crippen LogP contribution in [0.1, 0.15) is 56.6 Å². The molecule has 0 heterocycles. The second-order valence-corrected chi connectivity index (χ2v) is 10.6. The third kappa shape index (κ3) is 3.95. The van der Waals surface area contributed by atoms with E-state index in [0.29, 0.717) is 12.4 Å². The van der Waals surface area contributed by atoms with Crippen molar-refractivity contribution in [3.63, 3.8) is 0 Å². The second-order valence-electron chi connectivity index (χ2n) is 9.75. The highest BCUT2D eigenvalue weighted by Gasteiger charge is 2.52. The third-order valence-electron chi connectivity index (χ3n) is 7.61. The molecule has 4 bridgehead atoms. The van der Waals surface area contributed by atoms with Gasteiger partial charge in [0, 0.05) is 16.1 Å². The molecule has 0 unspecified atom stereocenters. The Labute approximate surface area is 192 Å². The molecule has 6 rings (SSSR count). The molecule has 1 N–H and O–H groups in total. The van der Waals surface area contributed by atoms with Gasteiger partial charge in [0.15, 0.2) is 0 Å². The molecule has 4 heteroatoms. The van der Waals surface area contributed by atoms with Crippen LogP contribution in [0.3, 0.4) is 0 Å². The molecule has 162 valence electrons. The number of benzene rings is 2. The van der Waals surface area contributed by atoms with Crippen LogP contribution in [0.4, 0.5) is 0 Å². The van der Waals surface area contributed by atoms with Crippen molar-refractivity contribution < 1.29 is 14.6 Å². The number of hydrogen-bond acceptors (Lipinski definition) is 3. The van der Waals surface area contributed by atoms with E-state index >= 15 is 0 Å². The van der Waals surface area contributed by atoms with E-state index in [0.717, 1.165) is 44.5 Å². The summed E-state index contributed by atoms with van der Waals surface area (Å²) in [6.45, 7) is 2.17. The molecule has 3 nitrogen and oxygen atoms in total. The van der Waals surface area contributed by atoms with Gasteiger partial charge in [0.05, 0.1) is 6.61 Å². The summed E-state index contributed by atoms with van der Waals surface area (Å²) in [5.74, 6) is 2.64. The number of esters is 1. The average Bonchev–Trinajstić information content (AvgIpc) is 2.72. The van der Waals surface area contributed by atoms with E-state index in [1.54, 1.807) is 13.0 Å². The van der Waals surface area contributed by atoms with Crippen LogP contribution in [-0.4, -0.2) is 17.7 Å². The zero-order valence-electron chi connectivity index (χ0n) is 17.9. The van der Waals surface area contributed by atoms with Gasteiger partial charge in [-0.15, -0.1) is 0 Å². The number of rotatable bonds is 5. The van der Waals surface area contributed by atoms with Crippen LogP contribution in [0.25, 0.3) is 17.2 Å². The van der Waals surface area contributed by atoms with Gasteiger partial charge in [-0.25, -0.2) is 4.79 Å². The molecular weight excluding hydrogens is 452 g/mol. The lowest BCUT2D eigenvalue weighted by molar-refractivity contribution is -0.137. The summed E-state index contributed by atoms with van der Waals surface area (Å²) in [5.41, 5.74) is 4.46. The topological polar surface area (TPSA) is 46.5 Å². The predicted octanol–water partition coefficient (Wildman–Crippen LogP) is 6.87. The van der Waals surface area contributed by atoms with Gasteiger partial charge in [0.25, 0.3) is 0 Å². The molecule has 0 aliphatic heterocycles. The van der Waals surface area contributed by atoms with Gasteiger partial charge >= 0.3 is 5.97 Å². The van der Waals surface area contributed by atoms with E-state index < -0.39 is 0 Å². The number of phenolic OH excluding ortho intramolecular Hbond substituents is 1. The zero-order valence-corrected chi connectivity index (χ0v) is 19.5. The number of carbonyl (C=O) groups is 1. The number of halogens is 1. The van der Waals surface area contributed by atoms with Gasteiger partial charge in [0.1, 0.15) is 5.75 Å². The summed E-state index contributed by atoms with van der Waals surface area (Å²) < 4.78 is 5.92. The Morgan fingerprint density at radius 3 is 2.39 bits per heavy atom. The van der Waals surface area contributed by atoms with Gasteiger partial charge in [-0.2, -0.15) is 0 Å². The number of phenols is 1. The number of ether oxygens (including phenoxy) is 1. The average molecular weight is 481 g/mol. The van der Waals surface area contributed by atoms with Gasteiger partial charge in [-0.1, -0.05) is 34.1 Å². The first-order valence-electron chi connectivity index (χ1n) is 11.4. The summed E-state index contributed by atoms with van der Waals surface area (Å²) in [6, 6.07) is 12.2. The first-order chi connectivity index (χ1) is 15.0.